The van der Waals surface area contributed by atoms with E-state index in [0.29, 0.717) is 17.9 Å². The Labute approximate surface area is 124 Å². The lowest BCUT2D eigenvalue weighted by molar-refractivity contribution is -0.150. The number of rotatable bonds is 7. The van der Waals surface area contributed by atoms with E-state index in [1.54, 1.807) is 24.3 Å². The van der Waals surface area contributed by atoms with E-state index in [1.807, 2.05) is 6.92 Å². The monoisotopic (exact) mass is 291 g/mol. The molecule has 1 aliphatic carbocycles. The van der Waals surface area contributed by atoms with Crippen LogP contribution in [0.2, 0.25) is 0 Å². The van der Waals surface area contributed by atoms with Crippen LogP contribution in [0.25, 0.3) is 0 Å². The van der Waals surface area contributed by atoms with Crippen LogP contribution in [0, 0.1) is 0 Å². The van der Waals surface area contributed by atoms with Gasteiger partial charge in [-0.05, 0) is 37.0 Å². The van der Waals surface area contributed by atoms with Gasteiger partial charge in [0.1, 0.15) is 5.75 Å². The van der Waals surface area contributed by atoms with Crippen molar-refractivity contribution in [1.82, 2.24) is 4.90 Å². The van der Waals surface area contributed by atoms with Crippen molar-refractivity contribution >= 4 is 11.9 Å². The molecule has 5 heteroatoms. The number of carbonyl (C=O) groups excluding carboxylic acids is 1. The molecule has 1 fully saturated rings. The number of aliphatic carboxylic acids is 1. The number of carbonyl (C=O) groups is 2. The Hall–Kier alpha value is -2.04. The lowest BCUT2D eigenvalue weighted by atomic mass is 10.0. The summed E-state index contributed by atoms with van der Waals surface area (Å²) in [5.41, 5.74) is 0.582. The molecule has 0 aromatic heterocycles. The maximum absolute atomic E-state index is 11.8. The summed E-state index contributed by atoms with van der Waals surface area (Å²) in [4.78, 5) is 25.0. The third-order valence-electron chi connectivity index (χ3n) is 3.46. The first kappa shape index (κ1) is 15.4. The zero-order valence-electron chi connectivity index (χ0n) is 12.4. The molecule has 1 unspecified atom stereocenters. The van der Waals surface area contributed by atoms with E-state index >= 15 is 0 Å². The lowest BCUT2D eigenvalue weighted by Crippen LogP contribution is -2.39. The Morgan fingerprint density at radius 2 is 2.14 bits per heavy atom. The van der Waals surface area contributed by atoms with Crippen molar-refractivity contribution in [3.63, 3.8) is 0 Å². The van der Waals surface area contributed by atoms with E-state index < -0.39 is 12.0 Å². The van der Waals surface area contributed by atoms with Gasteiger partial charge < -0.3 is 14.7 Å². The van der Waals surface area contributed by atoms with Crippen molar-refractivity contribution in [3.05, 3.63) is 29.8 Å². The summed E-state index contributed by atoms with van der Waals surface area (Å²) in [6.07, 6.45) is 2.62. The molecule has 114 valence electrons. The van der Waals surface area contributed by atoms with Crippen LogP contribution >= 0.6 is 0 Å². The molecule has 0 saturated heterocycles. The van der Waals surface area contributed by atoms with Gasteiger partial charge in [-0.15, -0.1) is 0 Å². The van der Waals surface area contributed by atoms with Crippen molar-refractivity contribution in [2.45, 2.75) is 45.2 Å². The van der Waals surface area contributed by atoms with Crippen molar-refractivity contribution < 1.29 is 19.4 Å². The number of hydrogen-bond acceptors (Lipinski definition) is 3. The topological polar surface area (TPSA) is 66.8 Å². The Morgan fingerprint density at radius 3 is 2.67 bits per heavy atom. The Balaban J connectivity index is 2.29. The number of ether oxygens (including phenoxy) is 1. The summed E-state index contributed by atoms with van der Waals surface area (Å²) < 4.78 is 5.55. The molecule has 21 heavy (non-hydrogen) atoms. The molecule has 1 atom stereocenters. The molecule has 1 aromatic carbocycles. The number of nitrogens with zero attached hydrogens (tertiary/aromatic N) is 1. The van der Waals surface area contributed by atoms with E-state index in [-0.39, 0.29) is 11.9 Å². The van der Waals surface area contributed by atoms with Gasteiger partial charge in [0.2, 0.25) is 5.91 Å². The Morgan fingerprint density at radius 1 is 1.43 bits per heavy atom. The fourth-order valence-electron chi connectivity index (χ4n) is 2.42. The fourth-order valence-corrected chi connectivity index (χ4v) is 2.42. The van der Waals surface area contributed by atoms with Crippen LogP contribution in [0.1, 0.15) is 44.7 Å². The normalized spacial score (nSPS) is 15.3. The summed E-state index contributed by atoms with van der Waals surface area (Å²) in [7, 11) is 0. The smallest absolute Gasteiger partial charge is 0.331 e. The van der Waals surface area contributed by atoms with Crippen LogP contribution in [-0.2, 0) is 9.59 Å². The molecular weight excluding hydrogens is 270 g/mol. The second-order valence-corrected chi connectivity index (χ2v) is 5.32. The van der Waals surface area contributed by atoms with E-state index in [9.17, 15) is 14.7 Å². The molecule has 1 aliphatic rings. The molecule has 1 saturated carbocycles. The van der Waals surface area contributed by atoms with E-state index in [1.165, 1.54) is 11.8 Å². The van der Waals surface area contributed by atoms with Gasteiger partial charge in [0.05, 0.1) is 6.61 Å². The predicted octanol–water partition coefficient (Wildman–Crippen LogP) is 2.61. The average molecular weight is 291 g/mol. The van der Waals surface area contributed by atoms with E-state index in [2.05, 4.69) is 0 Å². The first-order valence-corrected chi connectivity index (χ1v) is 7.29. The maximum atomic E-state index is 11.8. The van der Waals surface area contributed by atoms with Crippen molar-refractivity contribution in [1.29, 1.82) is 0 Å². The maximum Gasteiger partial charge on any atom is 0.331 e. The predicted molar refractivity (Wildman–Crippen MR) is 78.1 cm³/mol. The summed E-state index contributed by atoms with van der Waals surface area (Å²) in [6.45, 7) is 4.01. The number of amides is 1. The van der Waals surface area contributed by atoms with Gasteiger partial charge >= 0.3 is 5.97 Å². The van der Waals surface area contributed by atoms with Gasteiger partial charge in [0.25, 0.3) is 0 Å². The van der Waals surface area contributed by atoms with Gasteiger partial charge in [-0.3, -0.25) is 4.79 Å². The SMILES string of the molecule is CCCOc1cccc(C(C(=O)O)N(C(C)=O)C2CC2)c1. The van der Waals surface area contributed by atoms with Crippen LogP contribution in [0.5, 0.6) is 5.75 Å². The minimum Gasteiger partial charge on any atom is -0.494 e. The van der Waals surface area contributed by atoms with Crippen LogP contribution in [0.15, 0.2) is 24.3 Å². The van der Waals surface area contributed by atoms with E-state index in [0.717, 1.165) is 19.3 Å². The molecule has 0 aliphatic heterocycles. The third kappa shape index (κ3) is 3.74. The first-order valence-electron chi connectivity index (χ1n) is 7.29. The van der Waals surface area contributed by atoms with Crippen molar-refractivity contribution in [2.75, 3.05) is 6.61 Å². The molecule has 1 aromatic rings. The summed E-state index contributed by atoms with van der Waals surface area (Å²) >= 11 is 0. The number of hydrogen-bond donors (Lipinski definition) is 1. The van der Waals surface area contributed by atoms with Gasteiger partial charge in [-0.25, -0.2) is 4.79 Å². The van der Waals surface area contributed by atoms with Gasteiger partial charge in [-0.2, -0.15) is 0 Å². The zero-order chi connectivity index (χ0) is 15.4. The lowest BCUT2D eigenvalue weighted by Gasteiger charge is -2.28. The van der Waals surface area contributed by atoms with Gasteiger partial charge in [-0.1, -0.05) is 19.1 Å². The second-order valence-electron chi connectivity index (χ2n) is 5.32. The molecule has 0 radical (unpaired) electrons. The molecular formula is C16H21NO4. The van der Waals surface area contributed by atoms with Crippen LogP contribution < -0.4 is 4.74 Å². The third-order valence-corrected chi connectivity index (χ3v) is 3.46. The number of carboxylic acids is 1. The standard InChI is InChI=1S/C16H21NO4/c1-3-9-21-14-6-4-5-12(10-14)15(16(19)20)17(11(2)18)13-7-8-13/h4-6,10,13,15H,3,7-9H2,1-2H3,(H,19,20). The summed E-state index contributed by atoms with van der Waals surface area (Å²) in [6, 6.07) is 6.11. The van der Waals surface area contributed by atoms with E-state index in [4.69, 9.17) is 4.74 Å². The minimum atomic E-state index is -1.01. The van der Waals surface area contributed by atoms with Crippen molar-refractivity contribution in [2.24, 2.45) is 0 Å². The molecule has 1 N–H and O–H groups in total. The molecule has 1 amide bonds. The molecule has 5 nitrogen and oxygen atoms in total. The summed E-state index contributed by atoms with van der Waals surface area (Å²) in [5, 5.41) is 9.55. The van der Waals surface area contributed by atoms with Crippen molar-refractivity contribution in [3.8, 4) is 5.75 Å². The van der Waals surface area contributed by atoms with Crippen LogP contribution in [-0.4, -0.2) is 34.5 Å². The molecule has 0 heterocycles. The Kier molecular flexibility index (Phi) is 4.83. The second kappa shape index (κ2) is 6.61. The Bertz CT molecular complexity index is 525. The largest absolute Gasteiger partial charge is 0.494 e. The zero-order valence-corrected chi connectivity index (χ0v) is 12.4. The van der Waals surface area contributed by atoms with Gasteiger partial charge in [0, 0.05) is 13.0 Å². The molecule has 0 spiro atoms. The quantitative estimate of drug-likeness (QED) is 0.838. The van der Waals surface area contributed by atoms with Gasteiger partial charge in [0.15, 0.2) is 6.04 Å². The average Bonchev–Trinajstić information content (AvgIpc) is 3.26. The van der Waals surface area contributed by atoms with Crippen LogP contribution in [0.3, 0.4) is 0 Å². The first-order chi connectivity index (χ1) is 10.0. The highest BCUT2D eigenvalue weighted by atomic mass is 16.5. The highest BCUT2D eigenvalue weighted by Gasteiger charge is 2.40. The fraction of sp³-hybridized carbons (Fsp3) is 0.500. The number of benzene rings is 1. The highest BCUT2D eigenvalue weighted by Crippen LogP contribution is 2.35. The highest BCUT2D eigenvalue weighted by molar-refractivity contribution is 5.84. The van der Waals surface area contributed by atoms with Crippen LogP contribution in [0.4, 0.5) is 0 Å². The molecule has 0 bridgehead atoms. The molecule has 2 rings (SSSR count). The minimum absolute atomic E-state index is 0.0452. The summed E-state index contributed by atoms with van der Waals surface area (Å²) in [5.74, 6) is -0.575. The number of carboxylic acid groups (broad SMARTS) is 1.